The van der Waals surface area contributed by atoms with E-state index in [0.717, 1.165) is 17.9 Å². The van der Waals surface area contributed by atoms with Gasteiger partial charge in [0.15, 0.2) is 5.78 Å². The molecule has 0 radical (unpaired) electrons. The van der Waals surface area contributed by atoms with Crippen LogP contribution in [0.4, 0.5) is 0 Å². The van der Waals surface area contributed by atoms with Crippen LogP contribution >= 0.6 is 0 Å². The molecule has 1 unspecified atom stereocenters. The highest BCUT2D eigenvalue weighted by Crippen LogP contribution is 2.18. The van der Waals surface area contributed by atoms with Crippen molar-refractivity contribution in [2.24, 2.45) is 0 Å². The molecule has 0 aliphatic carbocycles. The highest BCUT2D eigenvalue weighted by molar-refractivity contribution is 5.94. The molecule has 0 bridgehead atoms. The van der Waals surface area contributed by atoms with E-state index in [0.29, 0.717) is 12.6 Å². The van der Waals surface area contributed by atoms with Gasteiger partial charge in [0.25, 0.3) is 0 Å². The van der Waals surface area contributed by atoms with Crippen LogP contribution < -0.4 is 9.64 Å². The summed E-state index contributed by atoms with van der Waals surface area (Å²) in [4.78, 5) is 17.1. The lowest BCUT2D eigenvalue weighted by atomic mass is 9.96. The smallest absolute Gasteiger partial charge is 0.159 e. The summed E-state index contributed by atoms with van der Waals surface area (Å²) in [5.41, 5.74) is 2.05. The fourth-order valence-corrected chi connectivity index (χ4v) is 3.45. The summed E-state index contributed by atoms with van der Waals surface area (Å²) in [6.07, 6.45) is 7.61. The third kappa shape index (κ3) is 4.20. The van der Waals surface area contributed by atoms with Gasteiger partial charge < -0.3 is 9.64 Å². The molecule has 1 saturated heterocycles. The van der Waals surface area contributed by atoms with Gasteiger partial charge in [0.2, 0.25) is 0 Å². The van der Waals surface area contributed by atoms with Crippen molar-refractivity contribution in [3.63, 3.8) is 0 Å². The van der Waals surface area contributed by atoms with Crippen molar-refractivity contribution in [3.8, 4) is 5.75 Å². The van der Waals surface area contributed by atoms with Crippen LogP contribution in [0.1, 0.15) is 48.1 Å². The van der Waals surface area contributed by atoms with E-state index in [1.807, 2.05) is 42.7 Å². The summed E-state index contributed by atoms with van der Waals surface area (Å²) in [5.74, 6) is 0.910. The average Bonchev–Trinajstić information content (AvgIpc) is 2.63. The Bertz CT molecular complexity index is 655. The zero-order chi connectivity index (χ0) is 16.8. The molecule has 0 amide bonds. The number of Topliss-reactive ketones (excluding diaryl/α,β-unsaturated/α-hetero) is 1. The second-order valence-electron chi connectivity index (χ2n) is 6.42. The van der Waals surface area contributed by atoms with Gasteiger partial charge in [-0.1, -0.05) is 6.07 Å². The molecule has 3 rings (SSSR count). The number of benzene rings is 1. The second-order valence-corrected chi connectivity index (χ2v) is 6.42. The summed E-state index contributed by atoms with van der Waals surface area (Å²) >= 11 is 0. The maximum absolute atomic E-state index is 11.3. The molecule has 2 aromatic rings. The van der Waals surface area contributed by atoms with Crippen LogP contribution in [0.15, 0.2) is 48.8 Å². The number of pyridine rings is 1. The van der Waals surface area contributed by atoms with Gasteiger partial charge in [-0.15, -0.1) is 0 Å². The lowest BCUT2D eigenvalue weighted by Gasteiger charge is -2.32. The quantitative estimate of drug-likeness (QED) is 0.830. The van der Waals surface area contributed by atoms with Crippen LogP contribution in [0.25, 0.3) is 0 Å². The first-order chi connectivity index (χ1) is 11.7. The Morgan fingerprint density at radius 2 is 2.08 bits per heavy atom. The molecule has 0 spiro atoms. The normalized spacial score (nSPS) is 20.5. The minimum atomic E-state index is 0.0821. The topological polar surface area (TPSA) is 43.6 Å². The predicted molar refractivity (Wildman–Crippen MR) is 93.5 cm³/mol. The molecule has 2 atom stereocenters. The van der Waals surface area contributed by atoms with Gasteiger partial charge in [0.1, 0.15) is 24.9 Å². The Morgan fingerprint density at radius 1 is 1.25 bits per heavy atom. The number of likely N-dealkylation sites (tertiary alicyclic amines) is 1. The van der Waals surface area contributed by atoms with Crippen molar-refractivity contribution in [1.29, 1.82) is 0 Å². The van der Waals surface area contributed by atoms with Crippen LogP contribution in [0, 0.1) is 0 Å². The standard InChI is InChI=1S/C20H24N2O2/c1-16(23)17-7-9-19(10-8-17)24-14-13-22-12-3-2-6-20(22)18-5-4-11-21-15-18/h4-5,7-11,15,20H,2-3,6,12-14H2,1H3/p+1/t20-/m0/s1. The Labute approximate surface area is 143 Å². The predicted octanol–water partition coefficient (Wildman–Crippen LogP) is 2.47. The number of piperidine rings is 1. The molecule has 4 heteroatoms. The minimum Gasteiger partial charge on any atom is -0.488 e. The highest BCUT2D eigenvalue weighted by Gasteiger charge is 2.27. The number of nitrogens with one attached hydrogen (secondary N) is 1. The molecule has 1 aliphatic rings. The zero-order valence-corrected chi connectivity index (χ0v) is 14.2. The van der Waals surface area contributed by atoms with E-state index in [4.69, 9.17) is 4.74 Å². The number of nitrogens with zero attached hydrogens (tertiary/aromatic N) is 1. The lowest BCUT2D eigenvalue weighted by Crippen LogP contribution is -3.13. The number of quaternary nitrogens is 1. The van der Waals surface area contributed by atoms with E-state index in [9.17, 15) is 4.79 Å². The summed E-state index contributed by atoms with van der Waals surface area (Å²) in [5, 5.41) is 0. The van der Waals surface area contributed by atoms with Crippen LogP contribution in [-0.4, -0.2) is 30.5 Å². The van der Waals surface area contributed by atoms with Gasteiger partial charge in [-0.25, -0.2) is 0 Å². The third-order valence-corrected chi connectivity index (χ3v) is 4.77. The van der Waals surface area contributed by atoms with Crippen molar-refractivity contribution in [3.05, 3.63) is 59.9 Å². The molecule has 2 heterocycles. The monoisotopic (exact) mass is 325 g/mol. The van der Waals surface area contributed by atoms with E-state index < -0.39 is 0 Å². The molecule has 24 heavy (non-hydrogen) atoms. The van der Waals surface area contributed by atoms with Gasteiger partial charge in [0, 0.05) is 29.9 Å². The number of ether oxygens (including phenoxy) is 1. The van der Waals surface area contributed by atoms with Gasteiger partial charge in [0.05, 0.1) is 6.54 Å². The minimum absolute atomic E-state index is 0.0821. The van der Waals surface area contributed by atoms with E-state index in [-0.39, 0.29) is 5.78 Å². The SMILES string of the molecule is CC(=O)c1ccc(OCC[NH+]2CCCC[C@H]2c2cccnc2)cc1. The zero-order valence-electron chi connectivity index (χ0n) is 14.2. The summed E-state index contributed by atoms with van der Waals surface area (Å²) in [6.45, 7) is 4.43. The highest BCUT2D eigenvalue weighted by atomic mass is 16.5. The van der Waals surface area contributed by atoms with E-state index in [1.54, 1.807) is 11.8 Å². The van der Waals surface area contributed by atoms with Gasteiger partial charge in [-0.3, -0.25) is 9.78 Å². The molecule has 1 N–H and O–H groups in total. The van der Waals surface area contributed by atoms with Crippen molar-refractivity contribution in [2.75, 3.05) is 19.7 Å². The molecule has 4 nitrogen and oxygen atoms in total. The first-order valence-electron chi connectivity index (χ1n) is 8.72. The van der Waals surface area contributed by atoms with Crippen molar-refractivity contribution >= 4 is 5.78 Å². The fourth-order valence-electron chi connectivity index (χ4n) is 3.45. The van der Waals surface area contributed by atoms with Crippen molar-refractivity contribution in [2.45, 2.75) is 32.2 Å². The molecular formula is C20H25N2O2+. The Balaban J connectivity index is 1.55. The summed E-state index contributed by atoms with van der Waals surface area (Å²) in [7, 11) is 0. The fraction of sp³-hybridized carbons (Fsp3) is 0.400. The maximum Gasteiger partial charge on any atom is 0.159 e. The first-order valence-corrected chi connectivity index (χ1v) is 8.72. The van der Waals surface area contributed by atoms with Gasteiger partial charge in [-0.05, 0) is 50.1 Å². The molecule has 1 aromatic carbocycles. The second kappa shape index (κ2) is 8.06. The van der Waals surface area contributed by atoms with Gasteiger partial charge in [-0.2, -0.15) is 0 Å². The number of hydrogen-bond donors (Lipinski definition) is 1. The maximum atomic E-state index is 11.3. The number of carbonyl (C=O) groups is 1. The lowest BCUT2D eigenvalue weighted by molar-refractivity contribution is -0.937. The number of aromatic nitrogens is 1. The largest absolute Gasteiger partial charge is 0.488 e. The van der Waals surface area contributed by atoms with Crippen LogP contribution in [0.5, 0.6) is 5.75 Å². The van der Waals surface area contributed by atoms with Crippen LogP contribution in [-0.2, 0) is 0 Å². The number of hydrogen-bond acceptors (Lipinski definition) is 3. The number of carbonyl (C=O) groups excluding carboxylic acids is 1. The van der Waals surface area contributed by atoms with Crippen LogP contribution in [0.2, 0.25) is 0 Å². The Hall–Kier alpha value is -2.20. The molecule has 1 fully saturated rings. The average molecular weight is 325 g/mol. The van der Waals surface area contributed by atoms with E-state index in [2.05, 4.69) is 11.1 Å². The van der Waals surface area contributed by atoms with E-state index in [1.165, 1.54) is 31.4 Å². The summed E-state index contributed by atoms with van der Waals surface area (Å²) in [6, 6.07) is 12.1. The van der Waals surface area contributed by atoms with Crippen LogP contribution in [0.3, 0.4) is 0 Å². The summed E-state index contributed by atoms with van der Waals surface area (Å²) < 4.78 is 5.88. The molecule has 1 aliphatic heterocycles. The molecule has 0 saturated carbocycles. The van der Waals surface area contributed by atoms with E-state index >= 15 is 0 Å². The number of rotatable bonds is 6. The Kier molecular flexibility index (Phi) is 5.59. The third-order valence-electron chi connectivity index (χ3n) is 4.77. The van der Waals surface area contributed by atoms with Gasteiger partial charge >= 0.3 is 0 Å². The Morgan fingerprint density at radius 3 is 2.79 bits per heavy atom. The number of ketones is 1. The molecular weight excluding hydrogens is 300 g/mol. The molecule has 126 valence electrons. The first kappa shape index (κ1) is 16.7. The van der Waals surface area contributed by atoms with Crippen molar-refractivity contribution < 1.29 is 14.4 Å². The van der Waals surface area contributed by atoms with Crippen molar-refractivity contribution in [1.82, 2.24) is 4.98 Å². The molecule has 1 aromatic heterocycles.